The Bertz CT molecular complexity index is 1080. The molecule has 0 saturated heterocycles. The van der Waals surface area contributed by atoms with Crippen molar-refractivity contribution in [2.75, 3.05) is 39.8 Å². The second-order valence-corrected chi connectivity index (χ2v) is 6.89. The van der Waals surface area contributed by atoms with Crippen LogP contribution in [-0.4, -0.2) is 44.9 Å². The average molecular weight is 412 g/mol. The van der Waals surface area contributed by atoms with Crippen LogP contribution in [-0.2, 0) is 13.1 Å². The lowest BCUT2D eigenvalue weighted by molar-refractivity contribution is 0.327. The van der Waals surface area contributed by atoms with E-state index >= 15 is 0 Å². The zero-order valence-electron chi connectivity index (χ0n) is 18.0. The molecule has 0 amide bonds. The lowest BCUT2D eigenvalue weighted by Gasteiger charge is -2.20. The Morgan fingerprint density at radius 1 is 1.07 bits per heavy atom. The lowest BCUT2D eigenvalue weighted by Crippen LogP contribution is -2.23. The zero-order chi connectivity index (χ0) is 21.7. The second kappa shape index (κ2) is 9.49. The van der Waals surface area contributed by atoms with E-state index in [1.54, 1.807) is 6.07 Å². The van der Waals surface area contributed by atoms with E-state index in [0.717, 1.165) is 18.7 Å². The van der Waals surface area contributed by atoms with E-state index in [0.29, 0.717) is 40.6 Å². The second-order valence-electron chi connectivity index (χ2n) is 6.89. The molecule has 1 aromatic heterocycles. The summed E-state index contributed by atoms with van der Waals surface area (Å²) in [5.74, 6) is 1.56. The van der Waals surface area contributed by atoms with Gasteiger partial charge in [0.05, 0.1) is 26.8 Å². The molecule has 2 aromatic carbocycles. The third kappa shape index (κ3) is 4.33. The predicted molar refractivity (Wildman–Crippen MR) is 118 cm³/mol. The Morgan fingerprint density at radius 3 is 2.47 bits per heavy atom. The maximum absolute atomic E-state index is 12.9. The van der Waals surface area contributed by atoms with Gasteiger partial charge in [-0.3, -0.25) is 9.78 Å². The first-order valence-electron chi connectivity index (χ1n) is 9.75. The molecule has 160 valence electrons. The van der Waals surface area contributed by atoms with Crippen molar-refractivity contribution in [1.29, 1.82) is 0 Å². The summed E-state index contributed by atoms with van der Waals surface area (Å²) in [5.41, 5.74) is 2.50. The fourth-order valence-corrected chi connectivity index (χ4v) is 3.39. The smallest absolute Gasteiger partial charge is 0.264 e. The van der Waals surface area contributed by atoms with Crippen molar-refractivity contribution in [3.05, 3.63) is 51.8 Å². The summed E-state index contributed by atoms with van der Waals surface area (Å²) in [5, 5.41) is 3.65. The molecule has 0 aliphatic rings. The van der Waals surface area contributed by atoms with Gasteiger partial charge in [-0.05, 0) is 17.7 Å². The Balaban J connectivity index is 1.97. The summed E-state index contributed by atoms with van der Waals surface area (Å²) in [6, 6.07) is 10.0. The lowest BCUT2D eigenvalue weighted by atomic mass is 10.1. The van der Waals surface area contributed by atoms with Gasteiger partial charge in [0, 0.05) is 26.2 Å². The number of fused-ring (bicyclic) bond motifs is 1. The molecule has 8 nitrogen and oxygen atoms in total. The summed E-state index contributed by atoms with van der Waals surface area (Å²) >= 11 is 0. The van der Waals surface area contributed by atoms with Crippen LogP contribution in [0.25, 0.3) is 10.9 Å². The number of aromatic nitrogens is 2. The van der Waals surface area contributed by atoms with Crippen LogP contribution in [0.5, 0.6) is 17.2 Å². The van der Waals surface area contributed by atoms with Gasteiger partial charge in [0.15, 0.2) is 11.5 Å². The number of hydrogen-bond acceptors (Lipinski definition) is 7. The monoisotopic (exact) mass is 412 g/mol. The molecule has 0 atom stereocenters. The number of nitrogens with one attached hydrogen (secondary N) is 2. The quantitative estimate of drug-likeness (QED) is 0.559. The molecule has 0 radical (unpaired) electrons. The summed E-state index contributed by atoms with van der Waals surface area (Å²) in [6.45, 7) is 4.42. The van der Waals surface area contributed by atoms with Gasteiger partial charge in [0.1, 0.15) is 5.39 Å². The van der Waals surface area contributed by atoms with E-state index in [1.807, 2.05) is 18.0 Å². The highest BCUT2D eigenvalue weighted by molar-refractivity contribution is 5.90. The third-order valence-electron chi connectivity index (χ3n) is 4.84. The Kier molecular flexibility index (Phi) is 6.79. The van der Waals surface area contributed by atoms with Crippen molar-refractivity contribution in [2.45, 2.75) is 20.0 Å². The van der Waals surface area contributed by atoms with Gasteiger partial charge in [0.25, 0.3) is 5.56 Å². The van der Waals surface area contributed by atoms with E-state index in [4.69, 9.17) is 14.2 Å². The van der Waals surface area contributed by atoms with E-state index in [1.165, 1.54) is 26.9 Å². The molecular weight excluding hydrogens is 384 g/mol. The van der Waals surface area contributed by atoms with Gasteiger partial charge in [-0.25, -0.2) is 4.98 Å². The highest BCUT2D eigenvalue weighted by Gasteiger charge is 2.20. The van der Waals surface area contributed by atoms with Crippen molar-refractivity contribution >= 4 is 16.9 Å². The van der Waals surface area contributed by atoms with Crippen molar-refractivity contribution < 1.29 is 14.2 Å². The maximum Gasteiger partial charge on any atom is 0.264 e. The molecule has 3 rings (SSSR count). The number of H-pyrrole nitrogens is 1. The molecule has 8 heteroatoms. The standard InChI is InChI=1S/C22H28N4O4/c1-6-23-12-14-8-7-9-15(10-14)13-26(2)22-24-16-11-17(28-3)19(29-4)20(30-5)18(16)21(27)25-22/h7-11,23H,6,12-13H2,1-5H3,(H,24,25,27). The van der Waals surface area contributed by atoms with E-state index in [2.05, 4.69) is 40.4 Å². The van der Waals surface area contributed by atoms with Crippen LogP contribution in [0.1, 0.15) is 18.1 Å². The molecule has 3 aromatic rings. The maximum atomic E-state index is 12.9. The Hall–Kier alpha value is -3.26. The number of methoxy groups -OCH3 is 3. The first-order valence-corrected chi connectivity index (χ1v) is 9.75. The molecule has 0 aliphatic carbocycles. The van der Waals surface area contributed by atoms with Crippen LogP contribution in [0.2, 0.25) is 0 Å². The minimum atomic E-state index is -0.305. The molecule has 30 heavy (non-hydrogen) atoms. The van der Waals surface area contributed by atoms with Crippen molar-refractivity contribution in [3.8, 4) is 17.2 Å². The van der Waals surface area contributed by atoms with Gasteiger partial charge in [0.2, 0.25) is 11.7 Å². The van der Waals surface area contributed by atoms with E-state index < -0.39 is 0 Å². The summed E-state index contributed by atoms with van der Waals surface area (Å²) < 4.78 is 16.2. The average Bonchev–Trinajstić information content (AvgIpc) is 2.76. The normalized spacial score (nSPS) is 10.8. The van der Waals surface area contributed by atoms with E-state index in [9.17, 15) is 4.79 Å². The summed E-state index contributed by atoms with van der Waals surface area (Å²) in [4.78, 5) is 22.3. The van der Waals surface area contributed by atoms with Crippen LogP contribution in [0.15, 0.2) is 35.1 Å². The number of rotatable bonds is 9. The molecule has 0 saturated carbocycles. The highest BCUT2D eigenvalue weighted by atomic mass is 16.5. The first-order chi connectivity index (χ1) is 14.5. The summed E-state index contributed by atoms with van der Waals surface area (Å²) in [7, 11) is 6.40. The summed E-state index contributed by atoms with van der Waals surface area (Å²) in [6.07, 6.45) is 0. The van der Waals surface area contributed by atoms with Gasteiger partial charge >= 0.3 is 0 Å². The SMILES string of the molecule is CCNCc1cccc(CN(C)c2nc3cc(OC)c(OC)c(OC)c3c(=O)[nH]2)c1. The number of nitrogens with zero attached hydrogens (tertiary/aromatic N) is 2. The molecule has 1 heterocycles. The number of benzene rings is 2. The fourth-order valence-electron chi connectivity index (χ4n) is 3.39. The van der Waals surface area contributed by atoms with Crippen LogP contribution in [0.3, 0.4) is 0 Å². The topological polar surface area (TPSA) is 88.7 Å². The molecule has 2 N–H and O–H groups in total. The molecule has 0 spiro atoms. The predicted octanol–water partition coefficient (Wildman–Crippen LogP) is 2.69. The van der Waals surface area contributed by atoms with Gasteiger partial charge in [-0.1, -0.05) is 31.2 Å². The number of aromatic amines is 1. The van der Waals surface area contributed by atoms with Gasteiger partial charge in [-0.2, -0.15) is 0 Å². The third-order valence-corrected chi connectivity index (χ3v) is 4.84. The highest BCUT2D eigenvalue weighted by Crippen LogP contribution is 2.41. The first kappa shape index (κ1) is 21.4. The number of hydrogen-bond donors (Lipinski definition) is 2. The number of ether oxygens (including phenoxy) is 3. The van der Waals surface area contributed by atoms with Crippen molar-refractivity contribution in [2.24, 2.45) is 0 Å². The zero-order valence-corrected chi connectivity index (χ0v) is 18.0. The minimum absolute atomic E-state index is 0.297. The molecule has 0 fully saturated rings. The van der Waals surface area contributed by atoms with Crippen LogP contribution < -0.4 is 30.0 Å². The molecule has 0 aliphatic heterocycles. The number of anilines is 1. The van der Waals surface area contributed by atoms with Crippen molar-refractivity contribution in [1.82, 2.24) is 15.3 Å². The Morgan fingerprint density at radius 2 is 1.80 bits per heavy atom. The largest absolute Gasteiger partial charge is 0.493 e. The van der Waals surface area contributed by atoms with Gasteiger partial charge < -0.3 is 24.4 Å². The van der Waals surface area contributed by atoms with Crippen molar-refractivity contribution in [3.63, 3.8) is 0 Å². The molecular formula is C22H28N4O4. The molecule has 0 unspecified atom stereocenters. The fraction of sp³-hybridized carbons (Fsp3) is 0.364. The van der Waals surface area contributed by atoms with Crippen LogP contribution in [0.4, 0.5) is 5.95 Å². The van der Waals surface area contributed by atoms with E-state index in [-0.39, 0.29) is 5.56 Å². The minimum Gasteiger partial charge on any atom is -0.493 e. The van der Waals surface area contributed by atoms with Crippen LogP contribution in [0, 0.1) is 0 Å². The van der Waals surface area contributed by atoms with Crippen LogP contribution >= 0.6 is 0 Å². The molecule has 0 bridgehead atoms. The van der Waals surface area contributed by atoms with Gasteiger partial charge in [-0.15, -0.1) is 0 Å². The Labute approximate surface area is 175 Å².